The number of nitrogens with one attached hydrogen (secondary N) is 1. The lowest BCUT2D eigenvalue weighted by Gasteiger charge is -2.07. The van der Waals surface area contributed by atoms with E-state index < -0.39 is 0 Å². The zero-order valence-corrected chi connectivity index (χ0v) is 17.9. The first kappa shape index (κ1) is 20.5. The molecule has 1 N–H and O–H groups in total. The molecule has 31 heavy (non-hydrogen) atoms. The van der Waals surface area contributed by atoms with E-state index in [1.54, 1.807) is 4.57 Å². The molecule has 0 amide bonds. The molecule has 4 rings (SSSR count). The Bertz CT molecular complexity index is 1230. The summed E-state index contributed by atoms with van der Waals surface area (Å²) in [6.45, 7) is 6.46. The first-order valence-electron chi connectivity index (χ1n) is 10.4. The fraction of sp³-hybridized carbons (Fsp3) is 0.261. The number of rotatable bonds is 7. The first-order valence-corrected chi connectivity index (χ1v) is 10.4. The Balaban J connectivity index is 1.61. The maximum absolute atomic E-state index is 12.8. The molecule has 0 spiro atoms. The van der Waals surface area contributed by atoms with E-state index in [1.807, 2.05) is 62.4 Å². The summed E-state index contributed by atoms with van der Waals surface area (Å²) in [6, 6.07) is 16.3. The van der Waals surface area contributed by atoms with Gasteiger partial charge >= 0.3 is 5.69 Å². The van der Waals surface area contributed by atoms with Crippen LogP contribution in [-0.2, 0) is 6.54 Å². The molecule has 2 heterocycles. The lowest BCUT2D eigenvalue weighted by Crippen LogP contribution is -2.26. The topological polar surface area (TPSA) is 94.3 Å². The van der Waals surface area contributed by atoms with Crippen molar-refractivity contribution in [3.05, 3.63) is 76.5 Å². The van der Waals surface area contributed by atoms with E-state index in [9.17, 15) is 4.79 Å². The Morgan fingerprint density at radius 2 is 1.84 bits per heavy atom. The SMILES string of the molecule is CCC=Cc1nn(C(C)C)c(=O)n1Cc1ccc(-c2cccc(-c3nnn[nH]3)c2)cc1. The molecular weight excluding hydrogens is 390 g/mol. The van der Waals surface area contributed by atoms with Gasteiger partial charge in [-0.05, 0) is 59.5 Å². The van der Waals surface area contributed by atoms with Crippen molar-refractivity contribution in [2.45, 2.75) is 39.8 Å². The van der Waals surface area contributed by atoms with Gasteiger partial charge in [0.05, 0.1) is 12.6 Å². The second-order valence-electron chi connectivity index (χ2n) is 7.60. The molecule has 8 heteroatoms. The van der Waals surface area contributed by atoms with Gasteiger partial charge in [0.2, 0.25) is 0 Å². The Morgan fingerprint density at radius 1 is 1.06 bits per heavy atom. The van der Waals surface area contributed by atoms with E-state index >= 15 is 0 Å². The third kappa shape index (κ3) is 4.37. The van der Waals surface area contributed by atoms with Gasteiger partial charge in [-0.3, -0.25) is 4.57 Å². The van der Waals surface area contributed by atoms with Gasteiger partial charge in [0.15, 0.2) is 11.6 Å². The van der Waals surface area contributed by atoms with Crippen LogP contribution >= 0.6 is 0 Å². The van der Waals surface area contributed by atoms with Gasteiger partial charge in [-0.1, -0.05) is 55.5 Å². The highest BCUT2D eigenvalue weighted by Gasteiger charge is 2.14. The van der Waals surface area contributed by atoms with Crippen LogP contribution in [0, 0.1) is 0 Å². The molecule has 0 aliphatic rings. The molecule has 158 valence electrons. The Kier molecular flexibility index (Phi) is 5.88. The fourth-order valence-corrected chi connectivity index (χ4v) is 3.37. The molecule has 2 aromatic heterocycles. The minimum atomic E-state index is -0.0943. The molecule has 8 nitrogen and oxygen atoms in total. The van der Waals surface area contributed by atoms with Gasteiger partial charge in [-0.25, -0.2) is 14.6 Å². The number of H-pyrrole nitrogens is 1. The zero-order valence-electron chi connectivity index (χ0n) is 17.9. The number of nitrogens with zero attached hydrogens (tertiary/aromatic N) is 6. The van der Waals surface area contributed by atoms with Gasteiger partial charge in [0, 0.05) is 5.56 Å². The van der Waals surface area contributed by atoms with Gasteiger partial charge < -0.3 is 0 Å². The molecular formula is C23H25N7O. The van der Waals surface area contributed by atoms with E-state index in [2.05, 4.69) is 44.8 Å². The molecule has 2 aromatic carbocycles. The summed E-state index contributed by atoms with van der Waals surface area (Å²) in [4.78, 5) is 12.8. The van der Waals surface area contributed by atoms with Crippen molar-refractivity contribution < 1.29 is 0 Å². The standard InChI is InChI=1S/C23H25N7O/c1-4-5-9-21-26-30(16(2)3)23(31)29(21)15-17-10-12-18(13-11-17)19-7-6-8-20(14-19)22-24-27-28-25-22/h5-14,16H,4,15H2,1-3H3,(H,24,25,27,28). The molecule has 0 saturated heterocycles. The van der Waals surface area contributed by atoms with E-state index in [0.717, 1.165) is 28.7 Å². The van der Waals surface area contributed by atoms with Crippen LogP contribution in [0.1, 0.15) is 44.6 Å². The highest BCUT2D eigenvalue weighted by Crippen LogP contribution is 2.24. The van der Waals surface area contributed by atoms with Gasteiger partial charge in [0.1, 0.15) is 0 Å². The van der Waals surface area contributed by atoms with E-state index in [1.165, 1.54) is 4.68 Å². The first-order chi connectivity index (χ1) is 15.1. The second-order valence-corrected chi connectivity index (χ2v) is 7.60. The minimum Gasteiger partial charge on any atom is -0.271 e. The average molecular weight is 416 g/mol. The predicted molar refractivity (Wildman–Crippen MR) is 120 cm³/mol. The van der Waals surface area contributed by atoms with Crippen LogP contribution < -0.4 is 5.69 Å². The maximum Gasteiger partial charge on any atom is 0.346 e. The summed E-state index contributed by atoms with van der Waals surface area (Å²) in [7, 11) is 0. The summed E-state index contributed by atoms with van der Waals surface area (Å²) in [5.74, 6) is 1.31. The minimum absolute atomic E-state index is 0.0109. The number of aromatic amines is 1. The second kappa shape index (κ2) is 8.91. The molecule has 0 unspecified atom stereocenters. The van der Waals surface area contributed by atoms with Crippen molar-refractivity contribution in [2.75, 3.05) is 0 Å². The van der Waals surface area contributed by atoms with Crippen LogP contribution in [0.2, 0.25) is 0 Å². The lowest BCUT2D eigenvalue weighted by atomic mass is 10.0. The highest BCUT2D eigenvalue weighted by molar-refractivity contribution is 5.70. The molecule has 0 aliphatic heterocycles. The molecule has 0 atom stereocenters. The van der Waals surface area contributed by atoms with Gasteiger partial charge in [-0.15, -0.1) is 5.10 Å². The number of benzene rings is 2. The summed E-state index contributed by atoms with van der Waals surface area (Å²) >= 11 is 0. The maximum atomic E-state index is 12.8. The normalized spacial score (nSPS) is 11.6. The monoisotopic (exact) mass is 415 g/mol. The zero-order chi connectivity index (χ0) is 21.8. The third-order valence-electron chi connectivity index (χ3n) is 5.01. The fourth-order valence-electron chi connectivity index (χ4n) is 3.37. The van der Waals surface area contributed by atoms with Crippen molar-refractivity contribution >= 4 is 6.08 Å². The quantitative estimate of drug-likeness (QED) is 0.493. The Hall–Kier alpha value is -3.81. The van der Waals surface area contributed by atoms with Crippen LogP contribution in [0.5, 0.6) is 0 Å². The summed E-state index contributed by atoms with van der Waals surface area (Å²) in [5, 5.41) is 18.5. The van der Waals surface area contributed by atoms with Gasteiger partial charge in [-0.2, -0.15) is 5.10 Å². The predicted octanol–water partition coefficient (Wildman–Crippen LogP) is 3.94. The smallest absolute Gasteiger partial charge is 0.271 e. The van der Waals surface area contributed by atoms with Gasteiger partial charge in [0.25, 0.3) is 0 Å². The van der Waals surface area contributed by atoms with E-state index in [4.69, 9.17) is 0 Å². The molecule has 0 saturated carbocycles. The summed E-state index contributed by atoms with van der Waals surface area (Å²) in [6.07, 6.45) is 4.82. The van der Waals surface area contributed by atoms with Crippen molar-refractivity contribution in [1.82, 2.24) is 35.0 Å². The number of hydrogen-bond acceptors (Lipinski definition) is 5. The van der Waals surface area contributed by atoms with E-state index in [-0.39, 0.29) is 11.7 Å². The number of allylic oxidation sites excluding steroid dienone is 1. The summed E-state index contributed by atoms with van der Waals surface area (Å²) < 4.78 is 3.26. The Labute approximate surface area is 180 Å². The largest absolute Gasteiger partial charge is 0.346 e. The van der Waals surface area contributed by atoms with Crippen LogP contribution in [0.4, 0.5) is 0 Å². The molecule has 0 fully saturated rings. The van der Waals surface area contributed by atoms with Crippen LogP contribution in [0.3, 0.4) is 0 Å². The molecule has 0 radical (unpaired) electrons. The average Bonchev–Trinajstić information content (AvgIpc) is 3.42. The van der Waals surface area contributed by atoms with Crippen molar-refractivity contribution in [3.8, 4) is 22.5 Å². The highest BCUT2D eigenvalue weighted by atomic mass is 16.2. The number of aromatic nitrogens is 7. The van der Waals surface area contributed by atoms with Crippen molar-refractivity contribution in [3.63, 3.8) is 0 Å². The molecule has 0 aliphatic carbocycles. The van der Waals surface area contributed by atoms with Crippen LogP contribution in [0.25, 0.3) is 28.6 Å². The Morgan fingerprint density at radius 3 is 2.52 bits per heavy atom. The van der Waals surface area contributed by atoms with Crippen molar-refractivity contribution in [2.24, 2.45) is 0 Å². The van der Waals surface area contributed by atoms with Crippen molar-refractivity contribution in [1.29, 1.82) is 0 Å². The number of hydrogen-bond donors (Lipinski definition) is 1. The summed E-state index contributed by atoms with van der Waals surface area (Å²) in [5.41, 5.74) is 4.01. The van der Waals surface area contributed by atoms with Crippen LogP contribution in [0.15, 0.2) is 59.4 Å². The third-order valence-corrected chi connectivity index (χ3v) is 5.01. The van der Waals surface area contributed by atoms with E-state index in [0.29, 0.717) is 18.2 Å². The van der Waals surface area contributed by atoms with Crippen LogP contribution in [-0.4, -0.2) is 35.0 Å². The number of tetrazole rings is 1. The lowest BCUT2D eigenvalue weighted by molar-refractivity contribution is 0.506. The molecule has 0 bridgehead atoms. The molecule has 4 aromatic rings.